The Morgan fingerprint density at radius 3 is 1.73 bits per heavy atom. The minimum absolute atomic E-state index is 0.108. The molecule has 1 aromatic carbocycles. The van der Waals surface area contributed by atoms with Gasteiger partial charge >= 0.3 is 0 Å². The highest BCUT2D eigenvalue weighted by molar-refractivity contribution is 5.58. The maximum absolute atomic E-state index is 10.9. The summed E-state index contributed by atoms with van der Waals surface area (Å²) < 4.78 is 0. The summed E-state index contributed by atoms with van der Waals surface area (Å²) in [6, 6.07) is 6.52. The third-order valence-electron chi connectivity index (χ3n) is 5.67. The van der Waals surface area contributed by atoms with Crippen LogP contribution in [0.15, 0.2) is 18.2 Å². The summed E-state index contributed by atoms with van der Waals surface area (Å²) in [5, 5.41) is 23.1. The summed E-state index contributed by atoms with van der Waals surface area (Å²) in [6.07, 6.45) is 21.6. The van der Waals surface area contributed by atoms with Crippen molar-refractivity contribution in [2.24, 2.45) is 0 Å². The van der Waals surface area contributed by atoms with Gasteiger partial charge in [0.2, 0.25) is 0 Å². The first-order valence-corrected chi connectivity index (χ1v) is 12.1. The van der Waals surface area contributed by atoms with Crippen molar-refractivity contribution in [2.45, 2.75) is 110 Å². The third-order valence-corrected chi connectivity index (χ3v) is 5.67. The molecule has 168 valence electrons. The molecule has 0 unspecified atom stereocenters. The van der Waals surface area contributed by atoms with Crippen LogP contribution in [0.1, 0.15) is 115 Å². The molecule has 0 saturated carbocycles. The summed E-state index contributed by atoms with van der Waals surface area (Å²) in [4.78, 5) is 10.3. The van der Waals surface area contributed by atoms with Gasteiger partial charge in [-0.1, -0.05) is 103 Å². The van der Waals surface area contributed by atoms with Crippen LogP contribution in [0, 0.1) is 21.4 Å². The van der Waals surface area contributed by atoms with Crippen molar-refractivity contribution in [3.05, 3.63) is 33.9 Å². The van der Waals surface area contributed by atoms with Crippen LogP contribution in [-0.2, 0) is 0 Å². The Bertz CT molecular complexity index is 625. The molecule has 5 heteroatoms. The van der Waals surface area contributed by atoms with E-state index in [2.05, 4.69) is 12.2 Å². The predicted octanol–water partition coefficient (Wildman–Crippen LogP) is 8.14. The number of nitrogens with one attached hydrogen (secondary N) is 1. The van der Waals surface area contributed by atoms with E-state index < -0.39 is 4.92 Å². The molecule has 0 bridgehead atoms. The van der Waals surface area contributed by atoms with Crippen LogP contribution in [0.4, 0.5) is 11.4 Å². The molecule has 0 radical (unpaired) electrons. The van der Waals surface area contributed by atoms with E-state index in [9.17, 15) is 10.1 Å². The van der Waals surface area contributed by atoms with Crippen molar-refractivity contribution in [2.75, 3.05) is 11.9 Å². The van der Waals surface area contributed by atoms with E-state index >= 15 is 0 Å². The monoisotopic (exact) mass is 415 g/mol. The molecule has 0 aliphatic carbocycles. The maximum Gasteiger partial charge on any atom is 0.287 e. The SMILES string of the molecule is CCCCCCCCCCCCCCCCCCNc1ccc([N+](=O)[O-])c(C#N)c1. The number of nitro groups is 1. The van der Waals surface area contributed by atoms with Gasteiger partial charge in [-0.15, -0.1) is 0 Å². The Morgan fingerprint density at radius 2 is 1.30 bits per heavy atom. The van der Waals surface area contributed by atoms with Crippen molar-refractivity contribution in [3.63, 3.8) is 0 Å². The summed E-state index contributed by atoms with van der Waals surface area (Å²) in [5.74, 6) is 0. The molecule has 0 atom stereocenters. The number of nitro benzene ring substituents is 1. The zero-order valence-electron chi connectivity index (χ0n) is 19.0. The van der Waals surface area contributed by atoms with Gasteiger partial charge in [0.25, 0.3) is 5.69 Å². The first-order valence-electron chi connectivity index (χ1n) is 12.1. The van der Waals surface area contributed by atoms with E-state index in [1.165, 1.54) is 102 Å². The lowest BCUT2D eigenvalue weighted by Gasteiger charge is -2.07. The minimum Gasteiger partial charge on any atom is -0.385 e. The Balaban J connectivity index is 1.90. The lowest BCUT2D eigenvalue weighted by molar-refractivity contribution is -0.385. The maximum atomic E-state index is 10.9. The molecule has 0 fully saturated rings. The van der Waals surface area contributed by atoms with Gasteiger partial charge in [-0.2, -0.15) is 5.26 Å². The highest BCUT2D eigenvalue weighted by atomic mass is 16.6. The highest BCUT2D eigenvalue weighted by Crippen LogP contribution is 2.22. The Kier molecular flexibility index (Phi) is 15.3. The van der Waals surface area contributed by atoms with Crippen LogP contribution in [-0.4, -0.2) is 11.5 Å². The molecule has 0 amide bonds. The Morgan fingerprint density at radius 1 is 0.833 bits per heavy atom. The first-order chi connectivity index (χ1) is 14.7. The van der Waals surface area contributed by atoms with Crippen molar-refractivity contribution in [1.82, 2.24) is 0 Å². The van der Waals surface area contributed by atoms with Crippen LogP contribution in [0.3, 0.4) is 0 Å². The molecule has 0 aromatic heterocycles. The first kappa shape index (κ1) is 25.9. The Labute approximate surface area is 183 Å². The van der Waals surface area contributed by atoms with Gasteiger partial charge < -0.3 is 5.32 Å². The molecule has 5 nitrogen and oxygen atoms in total. The number of benzene rings is 1. The van der Waals surface area contributed by atoms with E-state index in [0.717, 1.165) is 18.7 Å². The summed E-state index contributed by atoms with van der Waals surface area (Å²) in [6.45, 7) is 3.11. The van der Waals surface area contributed by atoms with Crippen LogP contribution < -0.4 is 5.32 Å². The smallest absolute Gasteiger partial charge is 0.287 e. The second-order valence-corrected chi connectivity index (χ2v) is 8.33. The zero-order chi connectivity index (χ0) is 21.9. The fourth-order valence-corrected chi connectivity index (χ4v) is 3.80. The number of nitrogens with zero attached hydrogens (tertiary/aromatic N) is 2. The van der Waals surface area contributed by atoms with Crippen molar-refractivity contribution >= 4 is 11.4 Å². The molecule has 1 rings (SSSR count). The van der Waals surface area contributed by atoms with E-state index in [-0.39, 0.29) is 11.3 Å². The molecular weight excluding hydrogens is 374 g/mol. The van der Waals surface area contributed by atoms with Gasteiger partial charge in [0.1, 0.15) is 11.6 Å². The van der Waals surface area contributed by atoms with Gasteiger partial charge in [0.15, 0.2) is 0 Å². The molecule has 1 aromatic rings. The fraction of sp³-hybridized carbons (Fsp3) is 0.720. The van der Waals surface area contributed by atoms with Gasteiger partial charge in [-0.25, -0.2) is 0 Å². The minimum atomic E-state index is -0.516. The zero-order valence-corrected chi connectivity index (χ0v) is 19.0. The fourth-order valence-electron chi connectivity index (χ4n) is 3.80. The lowest BCUT2D eigenvalue weighted by atomic mass is 10.0. The van der Waals surface area contributed by atoms with E-state index in [1.54, 1.807) is 12.1 Å². The Hall–Kier alpha value is -2.09. The largest absolute Gasteiger partial charge is 0.385 e. The molecule has 0 aliphatic rings. The van der Waals surface area contributed by atoms with Crippen molar-refractivity contribution in [3.8, 4) is 6.07 Å². The lowest BCUT2D eigenvalue weighted by Crippen LogP contribution is -2.02. The molecule has 30 heavy (non-hydrogen) atoms. The average Bonchev–Trinajstić information content (AvgIpc) is 2.75. The van der Waals surface area contributed by atoms with Gasteiger partial charge in [-0.3, -0.25) is 10.1 Å². The second kappa shape index (κ2) is 17.7. The van der Waals surface area contributed by atoms with Crippen LogP contribution in [0.25, 0.3) is 0 Å². The summed E-state index contributed by atoms with van der Waals surface area (Å²) in [7, 11) is 0. The van der Waals surface area contributed by atoms with Gasteiger partial charge in [0.05, 0.1) is 4.92 Å². The normalized spacial score (nSPS) is 10.7. The second-order valence-electron chi connectivity index (χ2n) is 8.33. The van der Waals surface area contributed by atoms with Crippen LogP contribution >= 0.6 is 0 Å². The number of hydrogen-bond acceptors (Lipinski definition) is 4. The van der Waals surface area contributed by atoms with Gasteiger partial charge in [0, 0.05) is 18.3 Å². The highest BCUT2D eigenvalue weighted by Gasteiger charge is 2.13. The predicted molar refractivity (Wildman–Crippen MR) is 126 cm³/mol. The standard InChI is InChI=1S/C25H41N3O2/c1-2-3-4-5-6-7-8-9-10-11-12-13-14-15-16-17-20-27-24-18-19-25(28(29)30)23(21-24)22-26/h18-19,21,27H,2-17,20H2,1H3. The topological polar surface area (TPSA) is 79.0 Å². The molecular formula is C25H41N3O2. The number of rotatable bonds is 19. The van der Waals surface area contributed by atoms with Crippen molar-refractivity contribution in [1.29, 1.82) is 5.26 Å². The number of anilines is 1. The molecule has 0 heterocycles. The average molecular weight is 416 g/mol. The molecule has 0 aliphatic heterocycles. The van der Waals surface area contributed by atoms with Crippen LogP contribution in [0.2, 0.25) is 0 Å². The number of unbranched alkanes of at least 4 members (excludes halogenated alkanes) is 15. The molecule has 0 spiro atoms. The van der Waals surface area contributed by atoms with E-state index in [1.807, 2.05) is 6.07 Å². The van der Waals surface area contributed by atoms with Crippen LogP contribution in [0.5, 0.6) is 0 Å². The van der Waals surface area contributed by atoms with Gasteiger partial charge in [-0.05, 0) is 18.6 Å². The summed E-state index contributed by atoms with van der Waals surface area (Å²) >= 11 is 0. The van der Waals surface area contributed by atoms with Crippen molar-refractivity contribution < 1.29 is 4.92 Å². The molecule has 1 N–H and O–H groups in total. The van der Waals surface area contributed by atoms with E-state index in [4.69, 9.17) is 5.26 Å². The number of hydrogen-bond donors (Lipinski definition) is 1. The molecule has 0 saturated heterocycles. The van der Waals surface area contributed by atoms with E-state index in [0.29, 0.717) is 0 Å². The number of nitriles is 1. The summed E-state index contributed by atoms with van der Waals surface area (Å²) in [5.41, 5.74) is 0.751. The quantitative estimate of drug-likeness (QED) is 0.140. The third kappa shape index (κ3) is 12.5.